The minimum absolute atomic E-state index is 0.000959. The Hall–Kier alpha value is -3.36. The molecule has 2 aromatic carbocycles. The number of allylic oxidation sites excluding steroid dienone is 1. The number of carboxylic acids is 1. The van der Waals surface area contributed by atoms with Crippen LogP contribution in [0.3, 0.4) is 0 Å². The quantitative estimate of drug-likeness (QED) is 0.330. The first-order chi connectivity index (χ1) is 15.8. The molecule has 6 nitrogen and oxygen atoms in total. The summed E-state index contributed by atoms with van der Waals surface area (Å²) in [6.07, 6.45) is 2.22. The van der Waals surface area contributed by atoms with Crippen molar-refractivity contribution in [3.05, 3.63) is 69.7 Å². The number of hydrogen-bond acceptors (Lipinski definition) is 6. The highest BCUT2D eigenvalue weighted by molar-refractivity contribution is 7.19. The summed E-state index contributed by atoms with van der Waals surface area (Å²) in [7, 11) is 0. The molecule has 2 aromatic heterocycles. The van der Waals surface area contributed by atoms with Crippen molar-refractivity contribution in [1.29, 1.82) is 0 Å². The highest BCUT2D eigenvalue weighted by atomic mass is 32.1. The standard InChI is InChI=1S/C25H23N3O3S2/c1-15-8-10-20(12-16(15)2)28(17(3)29)25-26-19(14-32-25)13-18(9-11-23(30)31)24-27-21-6-4-5-7-22(21)33-24/h4-8,10,12-14H,9,11H2,1-3H3,(H,30,31)/b18-13-. The maximum Gasteiger partial charge on any atom is 0.303 e. The Morgan fingerprint density at radius 1 is 1.06 bits per heavy atom. The molecule has 0 aliphatic rings. The molecule has 0 unspecified atom stereocenters. The molecule has 0 radical (unpaired) electrons. The molecule has 33 heavy (non-hydrogen) atoms. The van der Waals surface area contributed by atoms with E-state index in [2.05, 4.69) is 4.98 Å². The van der Waals surface area contributed by atoms with Gasteiger partial charge in [-0.2, -0.15) is 0 Å². The van der Waals surface area contributed by atoms with E-state index in [-0.39, 0.29) is 12.3 Å². The SMILES string of the molecule is CC(=O)N(c1ccc(C)c(C)c1)c1nc(/C=C(/CCC(=O)O)c2nc3ccccc3s2)cs1. The Morgan fingerprint density at radius 2 is 1.85 bits per heavy atom. The fraction of sp³-hybridized carbons (Fsp3) is 0.200. The van der Waals surface area contributed by atoms with Crippen molar-refractivity contribution in [3.63, 3.8) is 0 Å². The van der Waals surface area contributed by atoms with Crippen molar-refractivity contribution in [3.8, 4) is 0 Å². The average molecular weight is 478 g/mol. The summed E-state index contributed by atoms with van der Waals surface area (Å²) in [6.45, 7) is 5.57. The van der Waals surface area contributed by atoms with Crippen LogP contribution < -0.4 is 4.90 Å². The largest absolute Gasteiger partial charge is 0.481 e. The van der Waals surface area contributed by atoms with Crippen molar-refractivity contribution in [2.24, 2.45) is 0 Å². The van der Waals surface area contributed by atoms with Crippen LogP contribution >= 0.6 is 22.7 Å². The van der Waals surface area contributed by atoms with E-state index < -0.39 is 5.97 Å². The number of rotatable bonds is 7. The van der Waals surface area contributed by atoms with Gasteiger partial charge in [0.25, 0.3) is 0 Å². The van der Waals surface area contributed by atoms with Gasteiger partial charge >= 0.3 is 5.97 Å². The lowest BCUT2D eigenvalue weighted by Gasteiger charge is -2.19. The summed E-state index contributed by atoms with van der Waals surface area (Å²) in [5, 5.41) is 12.4. The van der Waals surface area contributed by atoms with Gasteiger partial charge in [-0.1, -0.05) is 18.2 Å². The number of benzene rings is 2. The first-order valence-electron chi connectivity index (χ1n) is 10.4. The molecule has 1 N–H and O–H groups in total. The zero-order valence-corrected chi connectivity index (χ0v) is 20.2. The Bertz CT molecular complexity index is 1340. The Balaban J connectivity index is 1.71. The van der Waals surface area contributed by atoms with Crippen molar-refractivity contribution in [1.82, 2.24) is 9.97 Å². The first kappa shape index (κ1) is 22.8. The number of carbonyl (C=O) groups is 2. The highest BCUT2D eigenvalue weighted by Gasteiger charge is 2.19. The molecule has 4 rings (SSSR count). The molecule has 1 amide bonds. The third-order valence-electron chi connectivity index (χ3n) is 5.26. The summed E-state index contributed by atoms with van der Waals surface area (Å²) < 4.78 is 1.05. The molecule has 0 saturated carbocycles. The summed E-state index contributed by atoms with van der Waals surface area (Å²) in [4.78, 5) is 34.7. The van der Waals surface area contributed by atoms with E-state index in [1.807, 2.05) is 67.8 Å². The van der Waals surface area contributed by atoms with Crippen LogP contribution in [-0.2, 0) is 9.59 Å². The monoisotopic (exact) mass is 477 g/mol. The summed E-state index contributed by atoms with van der Waals surface area (Å²) in [5.41, 5.74) is 5.40. The Morgan fingerprint density at radius 3 is 2.55 bits per heavy atom. The fourth-order valence-electron chi connectivity index (χ4n) is 3.41. The van der Waals surface area contributed by atoms with E-state index >= 15 is 0 Å². The lowest BCUT2D eigenvalue weighted by atomic mass is 10.1. The second-order valence-corrected chi connectivity index (χ2v) is 9.60. The van der Waals surface area contributed by atoms with Gasteiger partial charge in [-0.3, -0.25) is 14.5 Å². The number of aryl methyl sites for hydroxylation is 2. The lowest BCUT2D eigenvalue weighted by Crippen LogP contribution is -2.22. The predicted molar refractivity (Wildman–Crippen MR) is 135 cm³/mol. The van der Waals surface area contributed by atoms with E-state index in [9.17, 15) is 14.7 Å². The third-order valence-corrected chi connectivity index (χ3v) is 7.22. The maximum absolute atomic E-state index is 12.5. The van der Waals surface area contributed by atoms with Gasteiger partial charge in [-0.15, -0.1) is 22.7 Å². The lowest BCUT2D eigenvalue weighted by molar-refractivity contribution is -0.136. The van der Waals surface area contributed by atoms with E-state index in [0.29, 0.717) is 17.2 Å². The van der Waals surface area contributed by atoms with Gasteiger partial charge in [0.1, 0.15) is 5.01 Å². The molecule has 168 valence electrons. The van der Waals surface area contributed by atoms with Crippen molar-refractivity contribution in [2.45, 2.75) is 33.6 Å². The minimum atomic E-state index is -0.863. The number of para-hydroxylation sites is 1. The van der Waals surface area contributed by atoms with Crippen LogP contribution in [0.2, 0.25) is 0 Å². The van der Waals surface area contributed by atoms with Crippen LogP contribution in [0, 0.1) is 13.8 Å². The number of aliphatic carboxylic acids is 1. The van der Waals surface area contributed by atoms with Crippen molar-refractivity contribution in [2.75, 3.05) is 4.90 Å². The van der Waals surface area contributed by atoms with Crippen molar-refractivity contribution >= 4 is 67.2 Å². The van der Waals surface area contributed by atoms with Crippen molar-refractivity contribution < 1.29 is 14.7 Å². The second-order valence-electron chi connectivity index (χ2n) is 7.73. The van der Waals surface area contributed by atoms with Gasteiger partial charge < -0.3 is 5.11 Å². The molecule has 0 aliphatic carbocycles. The molecular formula is C25H23N3O3S2. The normalized spacial score (nSPS) is 11.7. The summed E-state index contributed by atoms with van der Waals surface area (Å²) in [6, 6.07) is 13.7. The van der Waals surface area contributed by atoms with Gasteiger partial charge in [-0.25, -0.2) is 9.97 Å². The maximum atomic E-state index is 12.5. The molecule has 0 bridgehead atoms. The topological polar surface area (TPSA) is 83.4 Å². The van der Waals surface area contributed by atoms with Gasteiger partial charge in [0, 0.05) is 18.7 Å². The molecular weight excluding hydrogens is 454 g/mol. The Kier molecular flexibility index (Phi) is 6.67. The van der Waals surface area contributed by atoms with Gasteiger partial charge in [0.05, 0.1) is 21.6 Å². The molecule has 0 atom stereocenters. The van der Waals surface area contributed by atoms with E-state index in [1.165, 1.54) is 29.6 Å². The highest BCUT2D eigenvalue weighted by Crippen LogP contribution is 2.34. The van der Waals surface area contributed by atoms with Gasteiger partial charge in [0.15, 0.2) is 5.13 Å². The minimum Gasteiger partial charge on any atom is -0.481 e. The number of amides is 1. The molecule has 2 heterocycles. The van der Waals surface area contributed by atoms with Gasteiger partial charge in [-0.05, 0) is 67.3 Å². The van der Waals surface area contributed by atoms with E-state index in [1.54, 1.807) is 4.90 Å². The molecule has 0 saturated heterocycles. The summed E-state index contributed by atoms with van der Waals surface area (Å²) in [5.74, 6) is -0.987. The molecule has 0 aliphatic heterocycles. The number of carbonyl (C=O) groups excluding carboxylic acids is 1. The number of fused-ring (bicyclic) bond motifs is 1. The predicted octanol–water partition coefficient (Wildman–Crippen LogP) is 6.46. The summed E-state index contributed by atoms with van der Waals surface area (Å²) >= 11 is 2.91. The van der Waals surface area contributed by atoms with Crippen LogP contribution in [0.15, 0.2) is 47.8 Å². The van der Waals surface area contributed by atoms with Crippen LogP contribution in [0.5, 0.6) is 0 Å². The fourth-order valence-corrected chi connectivity index (χ4v) is 5.26. The molecule has 0 spiro atoms. The van der Waals surface area contributed by atoms with Crippen LogP contribution in [0.1, 0.15) is 41.6 Å². The van der Waals surface area contributed by atoms with E-state index in [0.717, 1.165) is 37.6 Å². The first-order valence-corrected chi connectivity index (χ1v) is 12.1. The van der Waals surface area contributed by atoms with Crippen LogP contribution in [0.25, 0.3) is 21.9 Å². The van der Waals surface area contributed by atoms with Crippen LogP contribution in [0.4, 0.5) is 10.8 Å². The van der Waals surface area contributed by atoms with Gasteiger partial charge in [0.2, 0.25) is 5.91 Å². The zero-order valence-electron chi connectivity index (χ0n) is 18.5. The number of hydrogen-bond donors (Lipinski definition) is 1. The molecule has 4 aromatic rings. The third kappa shape index (κ3) is 5.18. The van der Waals surface area contributed by atoms with Crippen LogP contribution in [-0.4, -0.2) is 27.0 Å². The second kappa shape index (κ2) is 9.64. The number of carboxylic acid groups (broad SMARTS) is 1. The smallest absolute Gasteiger partial charge is 0.303 e. The molecule has 8 heteroatoms. The number of thiazole rings is 2. The number of anilines is 2. The Labute approximate surface area is 199 Å². The molecule has 0 fully saturated rings. The number of aromatic nitrogens is 2. The number of nitrogens with zero attached hydrogens (tertiary/aromatic N) is 3. The zero-order chi connectivity index (χ0) is 23.5. The van der Waals surface area contributed by atoms with E-state index in [4.69, 9.17) is 4.98 Å². The average Bonchev–Trinajstić information content (AvgIpc) is 3.40.